The highest BCUT2D eigenvalue weighted by Crippen LogP contribution is 2.27. The highest BCUT2D eigenvalue weighted by atomic mass is 35.5. The third kappa shape index (κ3) is 3.60. The van der Waals surface area contributed by atoms with Crippen LogP contribution in [0.5, 0.6) is 0 Å². The summed E-state index contributed by atoms with van der Waals surface area (Å²) < 4.78 is 0. The molecule has 0 amide bonds. The van der Waals surface area contributed by atoms with E-state index in [-0.39, 0.29) is 18.4 Å². The molecule has 0 saturated heterocycles. The molecular formula is C16H22ClNO2. The summed E-state index contributed by atoms with van der Waals surface area (Å²) in [5.74, 6) is 0.131. The van der Waals surface area contributed by atoms with Crippen LogP contribution < -0.4 is 0 Å². The number of Topliss-reactive ketones (excluding diaryl/α,β-unsaturated/α-hetero) is 1. The Balaban J connectivity index is 2.07. The maximum absolute atomic E-state index is 12.6. The molecule has 1 N–H and O–H groups in total. The standard InChI is InChI=1S/C16H22ClNO2/c1-12(16(20)13-6-8-14(17)9-7-13)18(10-3-11-19)15-4-2-5-15/h6-9,12,15,19H,2-5,10-11H2,1H3. The van der Waals surface area contributed by atoms with Gasteiger partial charge in [0, 0.05) is 29.8 Å². The van der Waals surface area contributed by atoms with Crippen molar-refractivity contribution >= 4 is 17.4 Å². The second-order valence-corrected chi connectivity index (χ2v) is 5.88. The molecule has 1 aromatic carbocycles. The SMILES string of the molecule is CC(C(=O)c1ccc(Cl)cc1)N(CCCO)C1CCC1. The number of nitrogens with zero attached hydrogens (tertiary/aromatic N) is 1. The van der Waals surface area contributed by atoms with E-state index in [1.807, 2.05) is 6.92 Å². The van der Waals surface area contributed by atoms with Crippen LogP contribution in [-0.4, -0.2) is 41.0 Å². The largest absolute Gasteiger partial charge is 0.396 e. The lowest BCUT2D eigenvalue weighted by Gasteiger charge is -2.40. The summed E-state index contributed by atoms with van der Waals surface area (Å²) in [6.07, 6.45) is 4.27. The van der Waals surface area contributed by atoms with Crippen molar-refractivity contribution in [1.82, 2.24) is 4.90 Å². The first-order valence-electron chi connectivity index (χ1n) is 7.30. The number of benzene rings is 1. The van der Waals surface area contributed by atoms with Gasteiger partial charge in [0.15, 0.2) is 5.78 Å². The maximum Gasteiger partial charge on any atom is 0.179 e. The minimum atomic E-state index is -0.145. The van der Waals surface area contributed by atoms with Crippen LogP contribution in [0.2, 0.25) is 5.02 Å². The normalized spacial score (nSPS) is 17.0. The molecule has 110 valence electrons. The van der Waals surface area contributed by atoms with Crippen molar-refractivity contribution in [3.8, 4) is 0 Å². The lowest BCUT2D eigenvalue weighted by Crippen LogP contribution is -2.49. The number of halogens is 1. The van der Waals surface area contributed by atoms with E-state index in [9.17, 15) is 4.79 Å². The molecule has 0 radical (unpaired) electrons. The lowest BCUT2D eigenvalue weighted by atomic mass is 9.89. The fourth-order valence-corrected chi connectivity index (χ4v) is 2.80. The Bertz CT molecular complexity index is 442. The van der Waals surface area contributed by atoms with Crippen LogP contribution in [0.1, 0.15) is 43.0 Å². The second kappa shape index (κ2) is 7.21. The summed E-state index contributed by atoms with van der Waals surface area (Å²) in [6, 6.07) is 7.42. The van der Waals surface area contributed by atoms with Gasteiger partial charge in [0.05, 0.1) is 6.04 Å². The van der Waals surface area contributed by atoms with Crippen LogP contribution in [-0.2, 0) is 0 Å². The van der Waals surface area contributed by atoms with E-state index in [0.717, 1.165) is 25.8 Å². The van der Waals surface area contributed by atoms with E-state index >= 15 is 0 Å². The van der Waals surface area contributed by atoms with Gasteiger partial charge in [0.25, 0.3) is 0 Å². The van der Waals surface area contributed by atoms with Gasteiger partial charge in [0.1, 0.15) is 0 Å². The van der Waals surface area contributed by atoms with E-state index < -0.39 is 0 Å². The molecule has 1 fully saturated rings. The van der Waals surface area contributed by atoms with E-state index in [1.165, 1.54) is 6.42 Å². The van der Waals surface area contributed by atoms with Crippen LogP contribution >= 0.6 is 11.6 Å². The van der Waals surface area contributed by atoms with Gasteiger partial charge in [0.2, 0.25) is 0 Å². The molecule has 0 bridgehead atoms. The Kier molecular flexibility index (Phi) is 5.58. The van der Waals surface area contributed by atoms with Crippen molar-refractivity contribution in [2.24, 2.45) is 0 Å². The molecule has 2 rings (SSSR count). The number of aliphatic hydroxyl groups is 1. The van der Waals surface area contributed by atoms with Crippen molar-refractivity contribution < 1.29 is 9.90 Å². The highest BCUT2D eigenvalue weighted by Gasteiger charge is 2.31. The molecule has 4 heteroatoms. The van der Waals surface area contributed by atoms with Crippen molar-refractivity contribution in [3.63, 3.8) is 0 Å². The Morgan fingerprint density at radius 3 is 2.55 bits per heavy atom. The van der Waals surface area contributed by atoms with Crippen molar-refractivity contribution in [1.29, 1.82) is 0 Å². The number of aliphatic hydroxyl groups excluding tert-OH is 1. The Labute approximate surface area is 125 Å². The first-order chi connectivity index (χ1) is 9.63. The molecule has 1 aliphatic rings. The molecular weight excluding hydrogens is 274 g/mol. The molecule has 1 atom stereocenters. The van der Waals surface area contributed by atoms with Gasteiger partial charge in [-0.2, -0.15) is 0 Å². The zero-order valence-electron chi connectivity index (χ0n) is 11.9. The average molecular weight is 296 g/mol. The summed E-state index contributed by atoms with van der Waals surface area (Å²) in [7, 11) is 0. The number of rotatable bonds is 7. The summed E-state index contributed by atoms with van der Waals surface area (Å²) >= 11 is 5.86. The van der Waals surface area contributed by atoms with E-state index in [1.54, 1.807) is 24.3 Å². The van der Waals surface area contributed by atoms with Crippen molar-refractivity contribution in [3.05, 3.63) is 34.9 Å². The Hall–Kier alpha value is -0.900. The minimum Gasteiger partial charge on any atom is -0.396 e. The zero-order chi connectivity index (χ0) is 14.5. The number of hydrogen-bond acceptors (Lipinski definition) is 3. The number of carbonyl (C=O) groups is 1. The molecule has 3 nitrogen and oxygen atoms in total. The second-order valence-electron chi connectivity index (χ2n) is 5.45. The van der Waals surface area contributed by atoms with Crippen molar-refractivity contribution in [2.75, 3.05) is 13.2 Å². The third-order valence-corrected chi connectivity index (χ3v) is 4.38. The fourth-order valence-electron chi connectivity index (χ4n) is 2.67. The summed E-state index contributed by atoms with van der Waals surface area (Å²) in [4.78, 5) is 14.8. The zero-order valence-corrected chi connectivity index (χ0v) is 12.6. The predicted molar refractivity (Wildman–Crippen MR) is 81.3 cm³/mol. The van der Waals surface area contributed by atoms with Gasteiger partial charge in [-0.1, -0.05) is 18.0 Å². The Morgan fingerprint density at radius 2 is 2.05 bits per heavy atom. The molecule has 20 heavy (non-hydrogen) atoms. The molecule has 1 aromatic rings. The molecule has 0 aliphatic heterocycles. The summed E-state index contributed by atoms with van der Waals surface area (Å²) in [6.45, 7) is 2.92. The van der Waals surface area contributed by atoms with E-state index in [0.29, 0.717) is 16.6 Å². The van der Waals surface area contributed by atoms with Gasteiger partial charge >= 0.3 is 0 Å². The monoisotopic (exact) mass is 295 g/mol. The predicted octanol–water partition coefficient (Wildman–Crippen LogP) is 3.15. The van der Waals surface area contributed by atoms with Gasteiger partial charge in [-0.15, -0.1) is 0 Å². The first-order valence-corrected chi connectivity index (χ1v) is 7.67. The van der Waals surface area contributed by atoms with Crippen LogP contribution in [0.15, 0.2) is 24.3 Å². The van der Waals surface area contributed by atoms with Crippen LogP contribution in [0, 0.1) is 0 Å². The van der Waals surface area contributed by atoms with Gasteiger partial charge in [-0.25, -0.2) is 0 Å². The van der Waals surface area contributed by atoms with E-state index in [4.69, 9.17) is 16.7 Å². The number of ketones is 1. The Morgan fingerprint density at radius 1 is 1.40 bits per heavy atom. The van der Waals surface area contributed by atoms with Crippen LogP contribution in [0.25, 0.3) is 0 Å². The first kappa shape index (κ1) is 15.5. The van der Waals surface area contributed by atoms with Gasteiger partial charge < -0.3 is 5.11 Å². The molecule has 0 heterocycles. The highest BCUT2D eigenvalue weighted by molar-refractivity contribution is 6.30. The lowest BCUT2D eigenvalue weighted by molar-refractivity contribution is 0.0585. The molecule has 1 unspecified atom stereocenters. The maximum atomic E-state index is 12.6. The molecule has 1 aliphatic carbocycles. The third-order valence-electron chi connectivity index (χ3n) is 4.12. The van der Waals surface area contributed by atoms with Crippen LogP contribution in [0.3, 0.4) is 0 Å². The topological polar surface area (TPSA) is 40.5 Å². The minimum absolute atomic E-state index is 0.131. The van der Waals surface area contributed by atoms with E-state index in [2.05, 4.69) is 4.90 Å². The van der Waals surface area contributed by atoms with Gasteiger partial charge in [-0.3, -0.25) is 9.69 Å². The van der Waals surface area contributed by atoms with Crippen molar-refractivity contribution in [2.45, 2.75) is 44.7 Å². The van der Waals surface area contributed by atoms with Gasteiger partial charge in [-0.05, 0) is 50.5 Å². The quantitative estimate of drug-likeness (QED) is 0.786. The summed E-state index contributed by atoms with van der Waals surface area (Å²) in [5, 5.41) is 9.67. The number of carbonyl (C=O) groups excluding carboxylic acids is 1. The molecule has 0 aromatic heterocycles. The summed E-state index contributed by atoms with van der Waals surface area (Å²) in [5.41, 5.74) is 0.704. The van der Waals surface area contributed by atoms with Crippen LogP contribution in [0.4, 0.5) is 0 Å². The molecule has 0 spiro atoms. The fraction of sp³-hybridized carbons (Fsp3) is 0.562. The smallest absolute Gasteiger partial charge is 0.179 e. The number of hydrogen-bond donors (Lipinski definition) is 1. The molecule has 1 saturated carbocycles. The average Bonchev–Trinajstić information content (AvgIpc) is 2.40.